The van der Waals surface area contributed by atoms with E-state index >= 15 is 0 Å². The second-order valence-electron chi connectivity index (χ2n) is 7.11. The Morgan fingerprint density at radius 2 is 2.00 bits per heavy atom. The highest BCUT2D eigenvalue weighted by Gasteiger charge is 2.47. The van der Waals surface area contributed by atoms with Gasteiger partial charge < -0.3 is 9.47 Å². The van der Waals surface area contributed by atoms with Gasteiger partial charge in [-0.2, -0.15) is 0 Å². The Morgan fingerprint density at radius 1 is 1.12 bits per heavy atom. The summed E-state index contributed by atoms with van der Waals surface area (Å²) >= 11 is 0. The van der Waals surface area contributed by atoms with Crippen LogP contribution in [0.1, 0.15) is 30.5 Å². The first-order chi connectivity index (χ1) is 12.3. The van der Waals surface area contributed by atoms with E-state index in [9.17, 15) is 0 Å². The topological polar surface area (TPSA) is 34.6 Å². The Balaban J connectivity index is 1.43. The highest BCUT2D eigenvalue weighted by molar-refractivity contribution is 5.14. The van der Waals surface area contributed by atoms with E-state index in [2.05, 4.69) is 46.3 Å². The lowest BCUT2D eigenvalue weighted by Crippen LogP contribution is -2.56. The predicted octanol–water partition coefficient (Wildman–Crippen LogP) is 3.42. The van der Waals surface area contributed by atoms with E-state index in [4.69, 9.17) is 9.47 Å². The van der Waals surface area contributed by atoms with E-state index in [0.717, 1.165) is 51.2 Å². The molecule has 0 bridgehead atoms. The summed E-state index contributed by atoms with van der Waals surface area (Å²) in [6, 6.07) is 16.5. The Hall–Kier alpha value is -1.75. The molecule has 0 amide bonds. The molecular formula is C21H26N2O2. The number of benzene rings is 1. The molecule has 0 aliphatic carbocycles. The number of piperidine rings is 1. The maximum Gasteiger partial charge on any atom is 0.0996 e. The van der Waals surface area contributed by atoms with Crippen molar-refractivity contribution in [2.75, 3.05) is 19.7 Å². The van der Waals surface area contributed by atoms with Crippen molar-refractivity contribution in [3.8, 4) is 0 Å². The molecule has 4 heteroatoms. The van der Waals surface area contributed by atoms with Crippen molar-refractivity contribution in [3.05, 3.63) is 66.0 Å². The Labute approximate surface area is 149 Å². The van der Waals surface area contributed by atoms with Crippen LogP contribution in [0.25, 0.3) is 0 Å². The number of hydrogen-bond donors (Lipinski definition) is 0. The SMILES string of the molecule is c1ccc(CO[C@H]2CN(Cc3ccccn3)CC[C@@]23CCCO3)cc1. The van der Waals surface area contributed by atoms with E-state index < -0.39 is 0 Å². The van der Waals surface area contributed by atoms with Crippen LogP contribution in [0.15, 0.2) is 54.7 Å². The molecule has 0 unspecified atom stereocenters. The molecule has 1 spiro atoms. The van der Waals surface area contributed by atoms with Crippen molar-refractivity contribution >= 4 is 0 Å². The Kier molecular flexibility index (Phi) is 5.11. The van der Waals surface area contributed by atoms with Gasteiger partial charge in [-0.25, -0.2) is 0 Å². The summed E-state index contributed by atoms with van der Waals surface area (Å²) < 4.78 is 12.6. The summed E-state index contributed by atoms with van der Waals surface area (Å²) in [4.78, 5) is 6.92. The summed E-state index contributed by atoms with van der Waals surface area (Å²) in [7, 11) is 0. The van der Waals surface area contributed by atoms with Crippen LogP contribution in [-0.2, 0) is 22.6 Å². The minimum atomic E-state index is -0.0879. The molecule has 4 nitrogen and oxygen atoms in total. The zero-order valence-corrected chi connectivity index (χ0v) is 14.6. The summed E-state index contributed by atoms with van der Waals surface area (Å²) in [6.45, 7) is 4.34. The van der Waals surface area contributed by atoms with Gasteiger partial charge in [-0.05, 0) is 37.0 Å². The fourth-order valence-electron chi connectivity index (χ4n) is 4.01. The van der Waals surface area contributed by atoms with Crippen LogP contribution in [-0.4, -0.2) is 41.3 Å². The fraction of sp³-hybridized carbons (Fsp3) is 0.476. The maximum atomic E-state index is 6.39. The number of aromatic nitrogens is 1. The second kappa shape index (κ2) is 7.65. The zero-order valence-electron chi connectivity index (χ0n) is 14.6. The number of pyridine rings is 1. The van der Waals surface area contributed by atoms with Crippen LogP contribution in [0.3, 0.4) is 0 Å². The Morgan fingerprint density at radius 3 is 2.76 bits per heavy atom. The third kappa shape index (κ3) is 3.92. The maximum absolute atomic E-state index is 6.39. The lowest BCUT2D eigenvalue weighted by atomic mass is 9.85. The first-order valence-corrected chi connectivity index (χ1v) is 9.26. The van der Waals surface area contributed by atoms with Gasteiger partial charge in [-0.15, -0.1) is 0 Å². The molecule has 1 aromatic carbocycles. The summed E-state index contributed by atoms with van der Waals surface area (Å²) in [6.07, 6.45) is 5.28. The van der Waals surface area contributed by atoms with Gasteiger partial charge in [0.15, 0.2) is 0 Å². The normalized spacial score (nSPS) is 27.0. The minimum absolute atomic E-state index is 0.0879. The molecule has 0 radical (unpaired) electrons. The molecule has 2 atom stereocenters. The van der Waals surface area contributed by atoms with Crippen LogP contribution in [0.2, 0.25) is 0 Å². The van der Waals surface area contributed by atoms with Crippen LogP contribution in [0.4, 0.5) is 0 Å². The number of ether oxygens (including phenoxy) is 2. The molecule has 4 rings (SSSR count). The average Bonchev–Trinajstić information content (AvgIpc) is 3.13. The molecule has 132 valence electrons. The highest BCUT2D eigenvalue weighted by Crippen LogP contribution is 2.38. The lowest BCUT2D eigenvalue weighted by molar-refractivity contribution is -0.159. The van der Waals surface area contributed by atoms with Crippen LogP contribution in [0.5, 0.6) is 0 Å². The van der Waals surface area contributed by atoms with Crippen molar-refractivity contribution < 1.29 is 9.47 Å². The van der Waals surface area contributed by atoms with Gasteiger partial charge in [0, 0.05) is 32.4 Å². The number of hydrogen-bond acceptors (Lipinski definition) is 4. The average molecular weight is 338 g/mol. The minimum Gasteiger partial charge on any atom is -0.372 e. The molecule has 2 fully saturated rings. The molecule has 2 aromatic rings. The van der Waals surface area contributed by atoms with Crippen molar-refractivity contribution in [3.63, 3.8) is 0 Å². The monoisotopic (exact) mass is 338 g/mol. The van der Waals surface area contributed by atoms with Crippen molar-refractivity contribution in [1.29, 1.82) is 0 Å². The third-order valence-electron chi connectivity index (χ3n) is 5.40. The van der Waals surface area contributed by atoms with E-state index in [1.165, 1.54) is 5.56 Å². The molecule has 0 N–H and O–H groups in total. The molecule has 25 heavy (non-hydrogen) atoms. The third-order valence-corrected chi connectivity index (χ3v) is 5.40. The molecule has 2 aliphatic heterocycles. The zero-order chi connectivity index (χ0) is 17.0. The van der Waals surface area contributed by atoms with Gasteiger partial charge in [-0.1, -0.05) is 36.4 Å². The van der Waals surface area contributed by atoms with Crippen LogP contribution < -0.4 is 0 Å². The van der Waals surface area contributed by atoms with Gasteiger partial charge in [0.05, 0.1) is 24.0 Å². The quantitative estimate of drug-likeness (QED) is 0.837. The van der Waals surface area contributed by atoms with Crippen LogP contribution in [0, 0.1) is 0 Å². The van der Waals surface area contributed by atoms with Gasteiger partial charge >= 0.3 is 0 Å². The first-order valence-electron chi connectivity index (χ1n) is 9.26. The standard InChI is InChI=1S/C21H26N2O2/c1-2-7-18(8-3-1)17-24-20-16-23(15-19-9-4-5-12-22-19)13-11-21(20)10-6-14-25-21/h1-5,7-9,12,20H,6,10-11,13-17H2/t20-,21-/m0/s1. The largest absolute Gasteiger partial charge is 0.372 e. The van der Waals surface area contributed by atoms with E-state index in [1.54, 1.807) is 0 Å². The van der Waals surface area contributed by atoms with Gasteiger partial charge in [0.2, 0.25) is 0 Å². The van der Waals surface area contributed by atoms with Gasteiger partial charge in [0.25, 0.3) is 0 Å². The van der Waals surface area contributed by atoms with Gasteiger partial charge in [-0.3, -0.25) is 9.88 Å². The van der Waals surface area contributed by atoms with Crippen molar-refractivity contribution in [2.45, 2.75) is 44.1 Å². The van der Waals surface area contributed by atoms with Gasteiger partial charge in [0.1, 0.15) is 0 Å². The summed E-state index contributed by atoms with van der Waals surface area (Å²) in [5.74, 6) is 0. The molecule has 3 heterocycles. The molecule has 2 aliphatic rings. The van der Waals surface area contributed by atoms with E-state index in [0.29, 0.717) is 6.61 Å². The number of nitrogens with zero attached hydrogens (tertiary/aromatic N) is 2. The highest BCUT2D eigenvalue weighted by atomic mass is 16.6. The van der Waals surface area contributed by atoms with Crippen molar-refractivity contribution in [2.24, 2.45) is 0 Å². The second-order valence-corrected chi connectivity index (χ2v) is 7.11. The lowest BCUT2D eigenvalue weighted by Gasteiger charge is -2.44. The summed E-state index contributed by atoms with van der Waals surface area (Å²) in [5, 5.41) is 0. The summed E-state index contributed by atoms with van der Waals surface area (Å²) in [5.41, 5.74) is 2.25. The molecule has 2 saturated heterocycles. The predicted molar refractivity (Wildman–Crippen MR) is 97.1 cm³/mol. The molecule has 1 aromatic heterocycles. The van der Waals surface area contributed by atoms with Crippen molar-refractivity contribution in [1.82, 2.24) is 9.88 Å². The smallest absolute Gasteiger partial charge is 0.0996 e. The molecular weight excluding hydrogens is 312 g/mol. The number of likely N-dealkylation sites (tertiary alicyclic amines) is 1. The number of rotatable bonds is 5. The fourth-order valence-corrected chi connectivity index (χ4v) is 4.01. The van der Waals surface area contributed by atoms with E-state index in [-0.39, 0.29) is 11.7 Å². The molecule has 0 saturated carbocycles. The van der Waals surface area contributed by atoms with E-state index in [1.807, 2.05) is 18.3 Å². The van der Waals surface area contributed by atoms with Crippen LogP contribution >= 0.6 is 0 Å². The first kappa shape index (κ1) is 16.7. The Bertz CT molecular complexity index is 656.